The molecule has 0 fully saturated rings. The van der Waals surface area contributed by atoms with Gasteiger partial charge in [-0.25, -0.2) is 4.98 Å². The van der Waals surface area contributed by atoms with Crippen LogP contribution in [0.15, 0.2) is 46.4 Å². The molecule has 0 amide bonds. The third kappa shape index (κ3) is 17.6. The number of benzene rings is 2. The summed E-state index contributed by atoms with van der Waals surface area (Å²) >= 11 is 6.83. The summed E-state index contributed by atoms with van der Waals surface area (Å²) in [7, 11) is 0. The molecule has 294 valence electrons. The summed E-state index contributed by atoms with van der Waals surface area (Å²) in [6, 6.07) is 13.7. The molecule has 8 heteroatoms. The molecule has 1 heterocycles. The fraction of sp³-hybridized carbons (Fsp3) is 0.578. The van der Waals surface area contributed by atoms with Gasteiger partial charge >= 0.3 is 18.6 Å². The predicted molar refractivity (Wildman–Crippen MR) is 218 cm³/mol. The first-order valence-corrected chi connectivity index (χ1v) is 20.2. The Kier molecular flexibility index (Phi) is 30.3. The molecule has 0 radical (unpaired) electrons. The van der Waals surface area contributed by atoms with Crippen LogP contribution in [0.3, 0.4) is 0 Å². The average molecular weight is 842 g/mol. The van der Waals surface area contributed by atoms with E-state index in [-0.39, 0.29) is 55.8 Å². The average Bonchev–Trinajstić information content (AvgIpc) is 3.10. The van der Waals surface area contributed by atoms with E-state index >= 15 is 0 Å². The van der Waals surface area contributed by atoms with Crippen molar-refractivity contribution in [2.75, 3.05) is 0 Å². The van der Waals surface area contributed by atoms with Crippen molar-refractivity contribution in [3.8, 4) is 0 Å². The van der Waals surface area contributed by atoms with Crippen molar-refractivity contribution in [3.63, 3.8) is 0 Å². The SMILES string of the molecule is CCCCc1cc(CCCC)c(N=C(C)c2cc(Cl)cc(C(C)=Nc3c(CCCC)cc(CCCC)cc3CCCC)n2)c(CCCC)c1.[Cl-].[Cl-].[Cl-].[V+3]. The summed E-state index contributed by atoms with van der Waals surface area (Å²) in [5, 5.41) is 0.670. The number of aliphatic imine (C=N–C) groups is 2. The van der Waals surface area contributed by atoms with Gasteiger partial charge in [0.1, 0.15) is 0 Å². The Hall–Kier alpha value is -1.33. The quantitative estimate of drug-likeness (QED) is 0.130. The fourth-order valence-electron chi connectivity index (χ4n) is 6.55. The molecule has 0 atom stereocenters. The molecular weight excluding hydrogens is 775 g/mol. The van der Waals surface area contributed by atoms with Crippen LogP contribution in [0.25, 0.3) is 0 Å². The molecule has 0 aliphatic rings. The fourth-order valence-corrected chi connectivity index (χ4v) is 6.76. The summed E-state index contributed by atoms with van der Waals surface area (Å²) < 4.78 is 0. The zero-order chi connectivity index (χ0) is 35.6. The van der Waals surface area contributed by atoms with Crippen molar-refractivity contribution < 1.29 is 55.8 Å². The minimum absolute atomic E-state index is 0. The molecule has 0 saturated heterocycles. The van der Waals surface area contributed by atoms with Crippen LogP contribution in [-0.4, -0.2) is 16.4 Å². The van der Waals surface area contributed by atoms with Crippen LogP contribution in [0, 0.1) is 0 Å². The van der Waals surface area contributed by atoms with Gasteiger partial charge in [0.25, 0.3) is 0 Å². The van der Waals surface area contributed by atoms with Crippen LogP contribution in [0.5, 0.6) is 0 Å². The minimum Gasteiger partial charge on any atom is -1.00 e. The maximum absolute atomic E-state index is 6.83. The molecule has 0 aliphatic heterocycles. The number of rotatable bonds is 22. The maximum atomic E-state index is 6.83. The Bertz CT molecular complexity index is 1370. The first-order valence-electron chi connectivity index (χ1n) is 19.9. The van der Waals surface area contributed by atoms with Gasteiger partial charge in [0.15, 0.2) is 0 Å². The van der Waals surface area contributed by atoms with E-state index in [1.165, 1.54) is 110 Å². The van der Waals surface area contributed by atoms with Crippen LogP contribution < -0.4 is 37.2 Å². The normalized spacial score (nSPS) is 11.3. The second-order valence-corrected chi connectivity index (χ2v) is 14.5. The first-order chi connectivity index (χ1) is 23.8. The Balaban J connectivity index is 0. The number of aryl methyl sites for hydroxylation is 6. The molecule has 0 spiro atoms. The number of aromatic nitrogens is 1. The molecule has 0 N–H and O–H groups in total. The number of hydrogen-bond acceptors (Lipinski definition) is 3. The zero-order valence-corrected chi connectivity index (χ0v) is 38.4. The monoisotopic (exact) mass is 839 g/mol. The van der Waals surface area contributed by atoms with E-state index in [1.54, 1.807) is 0 Å². The summed E-state index contributed by atoms with van der Waals surface area (Å²) in [6.07, 6.45) is 20.7. The van der Waals surface area contributed by atoms with Crippen molar-refractivity contribution in [1.29, 1.82) is 0 Å². The van der Waals surface area contributed by atoms with E-state index in [1.807, 2.05) is 12.1 Å². The molecule has 3 aromatic rings. The molecule has 0 aliphatic carbocycles. The second-order valence-electron chi connectivity index (χ2n) is 14.1. The molecule has 0 bridgehead atoms. The Morgan fingerprint density at radius 2 is 0.736 bits per heavy atom. The Morgan fingerprint density at radius 3 is 1.00 bits per heavy atom. The summed E-state index contributed by atoms with van der Waals surface area (Å²) in [6.45, 7) is 17.8. The number of unbranched alkanes of at least 4 members (excludes halogenated alkanes) is 6. The Morgan fingerprint density at radius 1 is 0.472 bits per heavy atom. The minimum atomic E-state index is 0. The van der Waals surface area contributed by atoms with Gasteiger partial charge in [-0.05, 0) is 136 Å². The van der Waals surface area contributed by atoms with Gasteiger partial charge in [-0.1, -0.05) is 116 Å². The van der Waals surface area contributed by atoms with Gasteiger partial charge in [-0.15, -0.1) is 0 Å². The van der Waals surface area contributed by atoms with Crippen LogP contribution >= 0.6 is 11.6 Å². The molecule has 3 rings (SSSR count). The molecule has 0 unspecified atom stereocenters. The molecule has 1 aromatic heterocycles. The van der Waals surface area contributed by atoms with Crippen molar-refractivity contribution >= 4 is 34.4 Å². The van der Waals surface area contributed by atoms with Crippen LogP contribution in [-0.2, 0) is 57.1 Å². The maximum Gasteiger partial charge on any atom is 3.00 e. The van der Waals surface area contributed by atoms with Crippen LogP contribution in [0.4, 0.5) is 11.4 Å². The molecule has 2 aromatic carbocycles. The summed E-state index contributed by atoms with van der Waals surface area (Å²) in [5.41, 5.74) is 14.2. The molecule has 53 heavy (non-hydrogen) atoms. The van der Waals surface area contributed by atoms with Gasteiger partial charge < -0.3 is 37.2 Å². The first kappa shape index (κ1) is 53.8. The number of hydrogen-bond donors (Lipinski definition) is 0. The van der Waals surface area contributed by atoms with Crippen molar-refractivity contribution in [1.82, 2.24) is 4.98 Å². The third-order valence-electron chi connectivity index (χ3n) is 9.58. The number of halogens is 4. The smallest absolute Gasteiger partial charge is 1.00 e. The molecular formula is C45H66Cl4N3V. The van der Waals surface area contributed by atoms with E-state index in [0.717, 1.165) is 72.7 Å². The van der Waals surface area contributed by atoms with E-state index < -0.39 is 0 Å². The van der Waals surface area contributed by atoms with E-state index in [9.17, 15) is 0 Å². The predicted octanol–water partition coefficient (Wildman–Crippen LogP) is 5.08. The van der Waals surface area contributed by atoms with Crippen LogP contribution in [0.2, 0.25) is 5.02 Å². The molecule has 0 saturated carbocycles. The van der Waals surface area contributed by atoms with E-state index in [4.69, 9.17) is 26.6 Å². The second kappa shape index (κ2) is 29.9. The third-order valence-corrected chi connectivity index (χ3v) is 9.80. The van der Waals surface area contributed by atoms with Crippen molar-refractivity contribution in [3.05, 3.63) is 86.2 Å². The van der Waals surface area contributed by atoms with Gasteiger partial charge in [0.05, 0.1) is 34.2 Å². The van der Waals surface area contributed by atoms with Crippen molar-refractivity contribution in [2.45, 2.75) is 171 Å². The van der Waals surface area contributed by atoms with Crippen LogP contribution in [0.1, 0.15) is 177 Å². The zero-order valence-electron chi connectivity index (χ0n) is 34.0. The van der Waals surface area contributed by atoms with Crippen molar-refractivity contribution in [2.24, 2.45) is 9.98 Å². The number of pyridine rings is 1. The Labute approximate surface area is 360 Å². The standard InChI is InChI=1S/C45H66ClN3.3ClH.V/c1-9-15-21-35-27-37(23-17-11-3)44(38(28-35)24-18-12-4)47-33(7)42-31-41(46)32-43(49-42)34(8)48-45-39(25-19-13-5)29-36(22-16-10-2)30-40(45)26-20-14-6;;;;/h27-32H,9-26H2,1-8H3;3*1H;/q;;;;+3/p-3. The summed E-state index contributed by atoms with van der Waals surface area (Å²) in [5.74, 6) is 0. The van der Waals surface area contributed by atoms with E-state index in [0.29, 0.717) is 5.02 Å². The topological polar surface area (TPSA) is 37.6 Å². The van der Waals surface area contributed by atoms with Gasteiger partial charge in [0.2, 0.25) is 0 Å². The van der Waals surface area contributed by atoms with Gasteiger partial charge in [-0.3, -0.25) is 9.98 Å². The van der Waals surface area contributed by atoms with Gasteiger partial charge in [0, 0.05) is 5.02 Å². The van der Waals surface area contributed by atoms with Gasteiger partial charge in [-0.2, -0.15) is 0 Å². The summed E-state index contributed by atoms with van der Waals surface area (Å²) in [4.78, 5) is 15.9. The largest absolute Gasteiger partial charge is 3.00 e. The van der Waals surface area contributed by atoms with E-state index in [2.05, 4.69) is 79.7 Å². The molecule has 3 nitrogen and oxygen atoms in total. The number of nitrogens with zero attached hydrogens (tertiary/aromatic N) is 3.